The van der Waals surface area contributed by atoms with Gasteiger partial charge in [0, 0.05) is 31.7 Å². The van der Waals surface area contributed by atoms with Gasteiger partial charge in [-0.2, -0.15) is 0 Å². The van der Waals surface area contributed by atoms with Gasteiger partial charge in [-0.25, -0.2) is 0 Å². The molecule has 1 N–H and O–H groups in total. The number of aliphatic hydroxyl groups is 1. The molecule has 0 spiro atoms. The lowest BCUT2D eigenvalue weighted by Crippen LogP contribution is -2.58. The van der Waals surface area contributed by atoms with Crippen LogP contribution in [0, 0.1) is 5.92 Å². The molecule has 18 heavy (non-hydrogen) atoms. The van der Waals surface area contributed by atoms with Gasteiger partial charge in [-0.3, -0.25) is 9.80 Å². The highest BCUT2D eigenvalue weighted by Crippen LogP contribution is 2.26. The Bertz CT molecular complexity index is 267. The Morgan fingerprint density at radius 3 is 2.56 bits per heavy atom. The van der Waals surface area contributed by atoms with E-state index < -0.39 is 0 Å². The minimum Gasteiger partial charge on any atom is -0.393 e. The Labute approximate surface area is 112 Å². The summed E-state index contributed by atoms with van der Waals surface area (Å²) in [6.45, 7) is 9.18. The molecule has 0 amide bonds. The van der Waals surface area contributed by atoms with Crippen LogP contribution in [0.4, 0.5) is 0 Å². The molecule has 2 atom stereocenters. The quantitative estimate of drug-likeness (QED) is 0.763. The molecule has 0 radical (unpaired) electrons. The van der Waals surface area contributed by atoms with E-state index in [1.165, 1.54) is 25.7 Å². The molecule has 3 nitrogen and oxygen atoms in total. The van der Waals surface area contributed by atoms with Crippen LogP contribution in [0.3, 0.4) is 0 Å². The van der Waals surface area contributed by atoms with Gasteiger partial charge in [0.05, 0.1) is 6.10 Å². The van der Waals surface area contributed by atoms with Crippen molar-refractivity contribution in [3.05, 3.63) is 0 Å². The summed E-state index contributed by atoms with van der Waals surface area (Å²) in [7, 11) is 2.22. The molecule has 0 aromatic rings. The third-order valence-corrected chi connectivity index (χ3v) is 5.01. The number of hydrogen-bond donors (Lipinski definition) is 1. The van der Waals surface area contributed by atoms with Crippen LogP contribution >= 0.6 is 0 Å². The van der Waals surface area contributed by atoms with Gasteiger partial charge in [-0.1, -0.05) is 19.3 Å². The average Bonchev–Trinajstić information content (AvgIpc) is 2.49. The number of hydrogen-bond acceptors (Lipinski definition) is 3. The molecule has 1 saturated heterocycles. The molecule has 2 unspecified atom stereocenters. The molecule has 0 bridgehead atoms. The maximum Gasteiger partial charge on any atom is 0.0580 e. The molecule has 0 aromatic heterocycles. The van der Waals surface area contributed by atoms with E-state index in [1.807, 2.05) is 0 Å². The van der Waals surface area contributed by atoms with Crippen molar-refractivity contribution >= 4 is 0 Å². The first-order valence-electron chi connectivity index (χ1n) is 7.61. The Balaban J connectivity index is 1.88. The third-order valence-electron chi connectivity index (χ3n) is 5.01. The van der Waals surface area contributed by atoms with Gasteiger partial charge in [-0.15, -0.1) is 0 Å². The summed E-state index contributed by atoms with van der Waals surface area (Å²) >= 11 is 0. The van der Waals surface area contributed by atoms with Crippen LogP contribution in [0.2, 0.25) is 0 Å². The number of nitrogens with zero attached hydrogens (tertiary/aromatic N) is 2. The zero-order valence-corrected chi connectivity index (χ0v) is 12.4. The Morgan fingerprint density at radius 2 is 1.83 bits per heavy atom. The van der Waals surface area contributed by atoms with E-state index in [-0.39, 0.29) is 11.6 Å². The van der Waals surface area contributed by atoms with Crippen LogP contribution in [-0.2, 0) is 0 Å². The van der Waals surface area contributed by atoms with E-state index in [0.717, 1.165) is 32.6 Å². The first-order chi connectivity index (χ1) is 8.49. The van der Waals surface area contributed by atoms with Crippen LogP contribution in [-0.4, -0.2) is 59.8 Å². The van der Waals surface area contributed by atoms with Crippen molar-refractivity contribution in [3.8, 4) is 0 Å². The molecule has 2 fully saturated rings. The lowest BCUT2D eigenvalue weighted by Gasteiger charge is -2.46. The van der Waals surface area contributed by atoms with Crippen LogP contribution in [0.5, 0.6) is 0 Å². The second-order valence-corrected chi connectivity index (χ2v) is 6.93. The van der Waals surface area contributed by atoms with Gasteiger partial charge < -0.3 is 5.11 Å². The smallest absolute Gasteiger partial charge is 0.0580 e. The molecular formula is C15H30N2O. The van der Waals surface area contributed by atoms with Gasteiger partial charge in [0.1, 0.15) is 0 Å². The summed E-state index contributed by atoms with van der Waals surface area (Å²) in [4.78, 5) is 5.02. The zero-order valence-electron chi connectivity index (χ0n) is 12.4. The van der Waals surface area contributed by atoms with E-state index >= 15 is 0 Å². The molecule has 2 aliphatic rings. The minimum absolute atomic E-state index is 0.0599. The maximum absolute atomic E-state index is 10.2. The molecule has 2 rings (SSSR count). The lowest BCUT2D eigenvalue weighted by atomic mass is 9.94. The normalized spacial score (nSPS) is 35.3. The van der Waals surface area contributed by atoms with E-state index in [0.29, 0.717) is 5.92 Å². The number of likely N-dealkylation sites (N-methyl/N-ethyl adjacent to an activating group) is 1. The predicted octanol–water partition coefficient (Wildman–Crippen LogP) is 1.95. The zero-order chi connectivity index (χ0) is 13.2. The summed E-state index contributed by atoms with van der Waals surface area (Å²) in [5.41, 5.74) is 0.272. The van der Waals surface area contributed by atoms with Crippen LogP contribution in [0.15, 0.2) is 0 Å². The molecule has 1 saturated carbocycles. The standard InChI is InChI=1S/C15H30N2O/c1-15(2)12-17(10-9-16(15)3)11-13-7-5-4-6-8-14(13)18/h13-14,18H,4-12H2,1-3H3. The van der Waals surface area contributed by atoms with Gasteiger partial charge in [-0.05, 0) is 39.7 Å². The highest BCUT2D eigenvalue weighted by atomic mass is 16.3. The van der Waals surface area contributed by atoms with Crippen molar-refractivity contribution in [3.63, 3.8) is 0 Å². The molecular weight excluding hydrogens is 224 g/mol. The minimum atomic E-state index is -0.0599. The van der Waals surface area contributed by atoms with E-state index in [1.54, 1.807) is 0 Å². The fourth-order valence-electron chi connectivity index (χ4n) is 3.41. The first kappa shape index (κ1) is 14.3. The lowest BCUT2D eigenvalue weighted by molar-refractivity contribution is 0.0103. The fourth-order valence-corrected chi connectivity index (χ4v) is 3.41. The van der Waals surface area contributed by atoms with Gasteiger partial charge in [0.15, 0.2) is 0 Å². The molecule has 1 aliphatic carbocycles. The van der Waals surface area contributed by atoms with Crippen LogP contribution in [0.25, 0.3) is 0 Å². The maximum atomic E-state index is 10.2. The Kier molecular flexibility index (Phi) is 4.68. The second kappa shape index (κ2) is 5.89. The largest absolute Gasteiger partial charge is 0.393 e. The predicted molar refractivity (Wildman–Crippen MR) is 75.7 cm³/mol. The Hall–Kier alpha value is -0.120. The van der Waals surface area contributed by atoms with Gasteiger partial charge >= 0.3 is 0 Å². The molecule has 106 valence electrons. The molecule has 1 aliphatic heterocycles. The van der Waals surface area contributed by atoms with Crippen LogP contribution < -0.4 is 0 Å². The van der Waals surface area contributed by atoms with Crippen molar-refractivity contribution in [1.82, 2.24) is 9.80 Å². The van der Waals surface area contributed by atoms with E-state index in [2.05, 4.69) is 30.7 Å². The molecule has 3 heteroatoms. The van der Waals surface area contributed by atoms with Crippen molar-refractivity contribution in [2.75, 3.05) is 33.2 Å². The molecule has 1 heterocycles. The number of aliphatic hydroxyl groups excluding tert-OH is 1. The Morgan fingerprint density at radius 1 is 1.11 bits per heavy atom. The highest BCUT2D eigenvalue weighted by Gasteiger charge is 2.33. The van der Waals surface area contributed by atoms with Gasteiger partial charge in [0.25, 0.3) is 0 Å². The van der Waals surface area contributed by atoms with E-state index in [9.17, 15) is 5.11 Å². The fraction of sp³-hybridized carbons (Fsp3) is 1.00. The van der Waals surface area contributed by atoms with Crippen molar-refractivity contribution in [1.29, 1.82) is 0 Å². The van der Waals surface area contributed by atoms with Crippen molar-refractivity contribution in [2.45, 2.75) is 57.6 Å². The summed E-state index contributed by atoms with van der Waals surface area (Å²) in [5.74, 6) is 0.506. The highest BCUT2D eigenvalue weighted by molar-refractivity contribution is 4.89. The summed E-state index contributed by atoms with van der Waals surface area (Å²) in [6.07, 6.45) is 6.00. The van der Waals surface area contributed by atoms with Crippen LogP contribution in [0.1, 0.15) is 46.0 Å². The van der Waals surface area contributed by atoms with Crippen molar-refractivity contribution in [2.24, 2.45) is 5.92 Å². The number of rotatable bonds is 2. The third kappa shape index (κ3) is 3.46. The topological polar surface area (TPSA) is 26.7 Å². The number of piperazine rings is 1. The SMILES string of the molecule is CN1CCN(CC2CCCCCC2O)CC1(C)C. The van der Waals surface area contributed by atoms with E-state index in [4.69, 9.17) is 0 Å². The summed E-state index contributed by atoms with van der Waals surface area (Å²) in [6, 6.07) is 0. The molecule has 0 aromatic carbocycles. The van der Waals surface area contributed by atoms with Crippen molar-refractivity contribution < 1.29 is 5.11 Å². The monoisotopic (exact) mass is 254 g/mol. The van der Waals surface area contributed by atoms with Gasteiger partial charge in [0.2, 0.25) is 0 Å². The average molecular weight is 254 g/mol. The summed E-state index contributed by atoms with van der Waals surface area (Å²) in [5, 5.41) is 10.2. The summed E-state index contributed by atoms with van der Waals surface area (Å²) < 4.78 is 0. The second-order valence-electron chi connectivity index (χ2n) is 6.93. The first-order valence-corrected chi connectivity index (χ1v) is 7.61.